The van der Waals surface area contributed by atoms with Crippen LogP contribution >= 0.6 is 7.26 Å². The maximum Gasteiger partial charge on any atom is 2.00 e. The molecule has 7 nitrogen and oxygen atoms in total. The quantitative estimate of drug-likeness (QED) is 0.0427. The first-order valence-corrected chi connectivity index (χ1v) is 17.0. The molecule has 235 valence electrons. The fraction of sp³-hybridized carbons (Fsp3) is 0.176. The molecule has 0 saturated heterocycles. The van der Waals surface area contributed by atoms with Gasteiger partial charge in [-0.3, -0.25) is 0 Å². The third-order valence-electron chi connectivity index (χ3n) is 6.81. The minimum atomic E-state index is -2.07. The van der Waals surface area contributed by atoms with E-state index in [2.05, 4.69) is 122 Å². The Morgan fingerprint density at radius 1 is 0.689 bits per heavy atom. The summed E-state index contributed by atoms with van der Waals surface area (Å²) in [6, 6.07) is 39.9. The largest absolute Gasteiger partial charge is 2.00 e. The van der Waals surface area contributed by atoms with E-state index in [-0.39, 0.29) is 27.4 Å². The average Bonchev–Trinajstić information content (AvgIpc) is 3.07. The molecule has 0 atom stereocenters. The van der Waals surface area contributed by atoms with Crippen molar-refractivity contribution in [2.45, 2.75) is 13.8 Å². The van der Waals surface area contributed by atoms with Gasteiger partial charge in [-0.1, -0.05) is 84.4 Å². The minimum absolute atomic E-state index is 0. The summed E-state index contributed by atoms with van der Waals surface area (Å²) < 4.78 is 6.41. The van der Waals surface area contributed by atoms with E-state index in [4.69, 9.17) is 30.0 Å². The van der Waals surface area contributed by atoms with Gasteiger partial charge in [0.25, 0.3) is 0 Å². The third kappa shape index (κ3) is 10.00. The SMILES string of the molecule is CN/C([S-])=N/N=C(/C(C)=N/N=C(\[S-])NCCOC[P+](c1ccccc1)(c1ccccc1)c1ccccc1)c1ccc(C)cc1.[Cu+2]. The standard InChI is InChI=1S/C34H37N6OPS2.Cu/c1-26-19-21-28(22-20-26)32(38-39-33(43)35-3)27(2)37-40-34(44)36-23-24-41-25-42(29-13-7-4-8-14-29,30-15-9-5-10-16-30)31-17-11-6-12-18-31;/h4-22H,23-25H2,1-3H3,(H3-,35,36,37,38,39,40,43,44);/q;+2/p-1. The Morgan fingerprint density at radius 3 is 1.67 bits per heavy atom. The van der Waals surface area contributed by atoms with E-state index in [9.17, 15) is 0 Å². The Bertz CT molecular complexity index is 1510. The van der Waals surface area contributed by atoms with E-state index in [0.29, 0.717) is 30.9 Å². The maximum atomic E-state index is 6.41. The van der Waals surface area contributed by atoms with Crippen molar-refractivity contribution in [1.29, 1.82) is 0 Å². The molecule has 1 radical (unpaired) electrons. The second-order valence-corrected chi connectivity index (χ2v) is 14.0. The Balaban J connectivity index is 0.00000552. The number of benzene rings is 4. The Morgan fingerprint density at radius 2 is 1.18 bits per heavy atom. The maximum absolute atomic E-state index is 6.41. The van der Waals surface area contributed by atoms with Crippen LogP contribution in [0.3, 0.4) is 0 Å². The van der Waals surface area contributed by atoms with Crippen LogP contribution in [-0.4, -0.2) is 48.3 Å². The van der Waals surface area contributed by atoms with E-state index in [1.54, 1.807) is 7.05 Å². The van der Waals surface area contributed by atoms with Gasteiger partial charge in [-0.25, -0.2) is 0 Å². The predicted molar refractivity (Wildman–Crippen MR) is 193 cm³/mol. The van der Waals surface area contributed by atoms with Crippen molar-refractivity contribution in [3.8, 4) is 0 Å². The molecule has 0 spiro atoms. The van der Waals surface area contributed by atoms with Crippen molar-refractivity contribution in [1.82, 2.24) is 10.6 Å². The molecule has 0 heterocycles. The summed E-state index contributed by atoms with van der Waals surface area (Å²) in [4.78, 5) is 0. The Labute approximate surface area is 288 Å². The van der Waals surface area contributed by atoms with Gasteiger partial charge in [-0.15, -0.1) is 5.10 Å². The van der Waals surface area contributed by atoms with Gasteiger partial charge >= 0.3 is 17.1 Å². The van der Waals surface area contributed by atoms with Crippen LogP contribution in [0.15, 0.2) is 136 Å². The number of amidine groups is 2. The zero-order valence-corrected chi connectivity index (χ0v) is 28.8. The van der Waals surface area contributed by atoms with Gasteiger partial charge in [0, 0.05) is 19.2 Å². The van der Waals surface area contributed by atoms with Gasteiger partial charge in [0.2, 0.25) is 0 Å². The number of hydrogen-bond acceptors (Lipinski definition) is 7. The summed E-state index contributed by atoms with van der Waals surface area (Å²) in [5, 5.41) is 27.2. The van der Waals surface area contributed by atoms with Crippen molar-refractivity contribution in [3.05, 3.63) is 126 Å². The van der Waals surface area contributed by atoms with E-state index in [1.807, 2.05) is 38.1 Å². The molecule has 0 fully saturated rings. The Hall–Kier alpha value is -3.49. The summed E-state index contributed by atoms with van der Waals surface area (Å²) in [6.07, 6.45) is 0.558. The van der Waals surface area contributed by atoms with Gasteiger partial charge in [0.15, 0.2) is 6.35 Å². The van der Waals surface area contributed by atoms with Crippen LogP contribution in [0.25, 0.3) is 0 Å². The first-order chi connectivity index (χ1) is 21.4. The number of ether oxygens (including phenoxy) is 1. The zero-order valence-electron chi connectivity index (χ0n) is 25.4. The zero-order chi connectivity index (χ0) is 31.2. The first kappa shape index (κ1) is 36.0. The molecule has 0 aromatic heterocycles. The molecule has 11 heteroatoms. The second-order valence-electron chi connectivity index (χ2n) is 9.84. The van der Waals surface area contributed by atoms with Crippen molar-refractivity contribution < 1.29 is 21.8 Å². The van der Waals surface area contributed by atoms with Crippen LogP contribution in [0.2, 0.25) is 0 Å². The number of aryl methyl sites for hydroxylation is 1. The summed E-state index contributed by atoms with van der Waals surface area (Å²) >= 11 is 10.6. The van der Waals surface area contributed by atoms with Gasteiger partial charge in [0.05, 0.1) is 12.3 Å². The normalized spacial score (nSPS) is 12.8. The van der Waals surface area contributed by atoms with Crippen molar-refractivity contribution in [2.24, 2.45) is 20.4 Å². The molecular formula is C34H36CuN6OPS2+. The summed E-state index contributed by atoms with van der Waals surface area (Å²) in [6.45, 7) is 4.77. The molecule has 0 aliphatic rings. The molecule has 4 rings (SSSR count). The first-order valence-electron chi connectivity index (χ1n) is 14.2. The second kappa shape index (κ2) is 18.5. The van der Waals surface area contributed by atoms with Crippen LogP contribution in [-0.2, 0) is 47.1 Å². The van der Waals surface area contributed by atoms with Crippen LogP contribution in [0.1, 0.15) is 18.1 Å². The van der Waals surface area contributed by atoms with Crippen LogP contribution in [0.5, 0.6) is 0 Å². The minimum Gasteiger partial charge on any atom is -0.741 e. The fourth-order valence-electron chi connectivity index (χ4n) is 4.55. The number of rotatable bonds is 12. The molecule has 0 amide bonds. The van der Waals surface area contributed by atoms with E-state index in [0.717, 1.165) is 11.1 Å². The van der Waals surface area contributed by atoms with Crippen molar-refractivity contribution in [3.63, 3.8) is 0 Å². The molecule has 0 unspecified atom stereocenters. The molecule has 0 aliphatic carbocycles. The van der Waals surface area contributed by atoms with Gasteiger partial charge in [-0.2, -0.15) is 15.3 Å². The van der Waals surface area contributed by atoms with Crippen LogP contribution < -0.4 is 26.5 Å². The molecule has 45 heavy (non-hydrogen) atoms. The topological polar surface area (TPSA) is 82.7 Å². The molecule has 0 aliphatic heterocycles. The fourth-order valence-corrected chi connectivity index (χ4v) is 8.52. The third-order valence-corrected chi connectivity index (χ3v) is 11.4. The van der Waals surface area contributed by atoms with Gasteiger partial charge < -0.3 is 40.6 Å². The van der Waals surface area contributed by atoms with Gasteiger partial charge in [0.1, 0.15) is 28.9 Å². The van der Waals surface area contributed by atoms with Crippen LogP contribution in [0, 0.1) is 6.92 Å². The molecule has 4 aromatic carbocycles. The monoisotopic (exact) mass is 702 g/mol. The van der Waals surface area contributed by atoms with E-state index in [1.165, 1.54) is 15.9 Å². The number of nitrogens with one attached hydrogen (secondary N) is 2. The molecular weight excluding hydrogens is 667 g/mol. The number of nitrogens with zero attached hydrogens (tertiary/aromatic N) is 4. The summed E-state index contributed by atoms with van der Waals surface area (Å²) in [5.74, 6) is 0. The molecule has 0 bridgehead atoms. The van der Waals surface area contributed by atoms with E-state index < -0.39 is 7.26 Å². The number of hydrogen-bond donors (Lipinski definition) is 2. The predicted octanol–water partition coefficient (Wildman–Crippen LogP) is 4.66. The molecule has 4 aromatic rings. The van der Waals surface area contributed by atoms with Crippen LogP contribution in [0.4, 0.5) is 0 Å². The average molecular weight is 703 g/mol. The van der Waals surface area contributed by atoms with Crippen molar-refractivity contribution >= 4 is 70.2 Å². The Kier molecular flexibility index (Phi) is 14.8. The molecule has 2 N–H and O–H groups in total. The van der Waals surface area contributed by atoms with E-state index >= 15 is 0 Å². The van der Waals surface area contributed by atoms with Crippen molar-refractivity contribution in [2.75, 3.05) is 26.5 Å². The summed E-state index contributed by atoms with van der Waals surface area (Å²) in [5.41, 5.74) is 3.10. The summed E-state index contributed by atoms with van der Waals surface area (Å²) in [7, 11) is -0.369. The smallest absolute Gasteiger partial charge is 0.741 e. The molecule has 0 saturated carbocycles. The van der Waals surface area contributed by atoms with Gasteiger partial charge in [-0.05, 0) is 60.6 Å².